The van der Waals surface area contributed by atoms with Crippen LogP contribution in [-0.4, -0.2) is 27.5 Å². The van der Waals surface area contributed by atoms with Crippen molar-refractivity contribution in [1.82, 2.24) is 15.0 Å². The first-order valence-electron chi connectivity index (χ1n) is 11.8. The molecule has 0 aliphatic rings. The lowest BCUT2D eigenvalue weighted by molar-refractivity contribution is 0.0527. The number of carbonyl (C=O) groups excluding carboxylic acids is 1. The summed E-state index contributed by atoms with van der Waals surface area (Å²) in [7, 11) is 0. The monoisotopic (exact) mass is 477 g/mol. The molecule has 0 radical (unpaired) electrons. The minimum absolute atomic E-state index is 0.257. The van der Waals surface area contributed by atoms with Gasteiger partial charge in [-0.25, -0.2) is 9.78 Å². The average Bonchev–Trinajstić information content (AvgIpc) is 2.88. The third-order valence-corrected chi connectivity index (χ3v) is 5.99. The lowest BCUT2D eigenvalue weighted by Gasteiger charge is -2.20. The van der Waals surface area contributed by atoms with E-state index in [1.807, 2.05) is 74.5 Å². The maximum Gasteiger partial charge on any atom is 0.341 e. The van der Waals surface area contributed by atoms with Gasteiger partial charge in [0.25, 0.3) is 0 Å². The molecule has 5 aromatic rings. The molecule has 3 N–H and O–H groups in total. The van der Waals surface area contributed by atoms with Crippen molar-refractivity contribution in [2.24, 2.45) is 5.73 Å². The number of hydrogen-bond acceptors (Lipinski definition) is 7. The molecule has 7 nitrogen and oxygen atoms in total. The predicted molar refractivity (Wildman–Crippen MR) is 143 cm³/mol. The van der Waals surface area contributed by atoms with Gasteiger partial charge in [-0.2, -0.15) is 0 Å². The summed E-state index contributed by atoms with van der Waals surface area (Å²) in [5.41, 5.74) is 12.2. The van der Waals surface area contributed by atoms with Gasteiger partial charge in [0.15, 0.2) is 0 Å². The van der Waals surface area contributed by atoms with Gasteiger partial charge in [0, 0.05) is 34.6 Å². The zero-order valence-corrected chi connectivity index (χ0v) is 20.4. The van der Waals surface area contributed by atoms with E-state index in [2.05, 4.69) is 21.4 Å². The number of nitrogens with two attached hydrogens (primary N) is 1. The molecule has 36 heavy (non-hydrogen) atoms. The molecule has 3 aromatic heterocycles. The van der Waals surface area contributed by atoms with Crippen LogP contribution in [0.3, 0.4) is 0 Å². The molecule has 2 aromatic carbocycles. The fourth-order valence-electron chi connectivity index (χ4n) is 4.06. The summed E-state index contributed by atoms with van der Waals surface area (Å²) in [5, 5.41) is 4.41. The maximum atomic E-state index is 12.8. The Morgan fingerprint density at radius 3 is 2.47 bits per heavy atom. The van der Waals surface area contributed by atoms with E-state index >= 15 is 0 Å². The van der Waals surface area contributed by atoms with Gasteiger partial charge in [0.05, 0.1) is 29.0 Å². The van der Waals surface area contributed by atoms with Crippen LogP contribution >= 0.6 is 0 Å². The van der Waals surface area contributed by atoms with Crippen LogP contribution in [0.25, 0.3) is 33.2 Å². The molecule has 0 saturated heterocycles. The molecular formula is C29H27N5O2. The van der Waals surface area contributed by atoms with Crippen molar-refractivity contribution in [3.8, 4) is 11.3 Å². The highest BCUT2D eigenvalue weighted by atomic mass is 16.5. The standard InChI is InChI=1S/C29H27N5O2/c1-4-36-28(35)22-17-32-25-14-13-24(19-15-18-7-5-6-8-23(18)31-16-19)34-27(25)26(22)33-21-11-9-20(10-12-21)29(2,3)30/h5-17H,4,30H2,1-3H3,(H,32,33). The summed E-state index contributed by atoms with van der Waals surface area (Å²) in [6.45, 7) is 5.94. The Bertz CT molecular complexity index is 1570. The van der Waals surface area contributed by atoms with Crippen molar-refractivity contribution < 1.29 is 9.53 Å². The van der Waals surface area contributed by atoms with Crippen LogP contribution in [0.15, 0.2) is 79.1 Å². The molecule has 0 amide bonds. The number of carbonyl (C=O) groups is 1. The summed E-state index contributed by atoms with van der Waals surface area (Å²) < 4.78 is 5.31. The van der Waals surface area contributed by atoms with Crippen LogP contribution in [0.1, 0.15) is 36.7 Å². The van der Waals surface area contributed by atoms with Gasteiger partial charge >= 0.3 is 5.97 Å². The van der Waals surface area contributed by atoms with Gasteiger partial charge in [-0.15, -0.1) is 0 Å². The number of hydrogen-bond donors (Lipinski definition) is 2. The molecule has 0 unspecified atom stereocenters. The molecular weight excluding hydrogens is 450 g/mol. The lowest BCUT2D eigenvalue weighted by Crippen LogP contribution is -2.28. The number of para-hydroxylation sites is 1. The summed E-state index contributed by atoms with van der Waals surface area (Å²) in [5.74, 6) is -0.464. The molecule has 0 bridgehead atoms. The molecule has 0 saturated carbocycles. The Morgan fingerprint density at radius 1 is 0.972 bits per heavy atom. The van der Waals surface area contributed by atoms with Gasteiger partial charge in [0.2, 0.25) is 0 Å². The molecule has 0 fully saturated rings. The lowest BCUT2D eigenvalue weighted by atomic mass is 9.95. The Hall–Kier alpha value is -4.36. The van der Waals surface area contributed by atoms with Crippen molar-refractivity contribution in [2.45, 2.75) is 26.3 Å². The van der Waals surface area contributed by atoms with E-state index in [9.17, 15) is 4.79 Å². The maximum absolute atomic E-state index is 12.8. The summed E-state index contributed by atoms with van der Waals surface area (Å²) in [4.78, 5) is 26.8. The number of pyridine rings is 3. The van der Waals surface area contributed by atoms with Gasteiger partial charge in [-0.05, 0) is 62.7 Å². The second-order valence-corrected chi connectivity index (χ2v) is 9.17. The van der Waals surface area contributed by atoms with Gasteiger partial charge in [-0.1, -0.05) is 30.3 Å². The van der Waals surface area contributed by atoms with Crippen LogP contribution in [0, 0.1) is 0 Å². The van der Waals surface area contributed by atoms with Crippen molar-refractivity contribution in [2.75, 3.05) is 11.9 Å². The van der Waals surface area contributed by atoms with Gasteiger partial charge in [0.1, 0.15) is 11.1 Å². The van der Waals surface area contributed by atoms with Crippen LogP contribution in [0.2, 0.25) is 0 Å². The normalized spacial score (nSPS) is 11.6. The van der Waals surface area contributed by atoms with Gasteiger partial charge < -0.3 is 15.8 Å². The Balaban J connectivity index is 1.63. The Labute approximate surface area is 209 Å². The third-order valence-electron chi connectivity index (χ3n) is 5.99. The second-order valence-electron chi connectivity index (χ2n) is 9.17. The quantitative estimate of drug-likeness (QED) is 0.291. The number of esters is 1. The summed E-state index contributed by atoms with van der Waals surface area (Å²) in [6, 6.07) is 21.6. The topological polar surface area (TPSA) is 103 Å². The highest BCUT2D eigenvalue weighted by Gasteiger charge is 2.20. The molecule has 0 aliphatic heterocycles. The van der Waals surface area contributed by atoms with E-state index < -0.39 is 11.5 Å². The van der Waals surface area contributed by atoms with E-state index in [0.29, 0.717) is 22.3 Å². The average molecular weight is 478 g/mol. The molecule has 3 heterocycles. The fourth-order valence-corrected chi connectivity index (χ4v) is 4.06. The van der Waals surface area contributed by atoms with Crippen LogP contribution in [0.5, 0.6) is 0 Å². The first-order valence-corrected chi connectivity index (χ1v) is 11.8. The van der Waals surface area contributed by atoms with Crippen LogP contribution in [-0.2, 0) is 10.3 Å². The Kier molecular flexibility index (Phi) is 6.08. The van der Waals surface area contributed by atoms with Crippen LogP contribution < -0.4 is 11.1 Å². The number of ether oxygens (including phenoxy) is 1. The zero-order valence-electron chi connectivity index (χ0n) is 20.4. The third kappa shape index (κ3) is 4.61. The highest BCUT2D eigenvalue weighted by molar-refractivity contribution is 6.05. The highest BCUT2D eigenvalue weighted by Crippen LogP contribution is 2.32. The molecule has 0 atom stereocenters. The molecule has 0 aliphatic carbocycles. The van der Waals surface area contributed by atoms with Crippen molar-refractivity contribution in [1.29, 1.82) is 0 Å². The number of nitrogens with zero attached hydrogens (tertiary/aromatic N) is 3. The van der Waals surface area contributed by atoms with Crippen molar-refractivity contribution in [3.63, 3.8) is 0 Å². The summed E-state index contributed by atoms with van der Waals surface area (Å²) >= 11 is 0. The number of rotatable bonds is 6. The van der Waals surface area contributed by atoms with E-state index in [0.717, 1.165) is 33.4 Å². The number of benzene rings is 2. The van der Waals surface area contributed by atoms with Crippen LogP contribution in [0.4, 0.5) is 11.4 Å². The molecule has 5 rings (SSSR count). The molecule has 7 heteroatoms. The van der Waals surface area contributed by atoms with E-state index in [4.69, 9.17) is 15.5 Å². The predicted octanol–water partition coefficient (Wildman–Crippen LogP) is 5.96. The number of fused-ring (bicyclic) bond motifs is 2. The van der Waals surface area contributed by atoms with Crippen molar-refractivity contribution >= 4 is 39.3 Å². The number of anilines is 2. The van der Waals surface area contributed by atoms with Gasteiger partial charge in [-0.3, -0.25) is 9.97 Å². The van der Waals surface area contributed by atoms with E-state index in [1.54, 1.807) is 13.1 Å². The molecule has 180 valence electrons. The second kappa shape index (κ2) is 9.36. The first kappa shape index (κ1) is 23.4. The van der Waals surface area contributed by atoms with Crippen molar-refractivity contribution in [3.05, 3.63) is 90.3 Å². The summed E-state index contributed by atoms with van der Waals surface area (Å²) in [6.07, 6.45) is 3.33. The zero-order chi connectivity index (χ0) is 25.3. The smallest absolute Gasteiger partial charge is 0.341 e. The first-order chi connectivity index (χ1) is 17.3. The number of nitrogens with one attached hydrogen (secondary N) is 1. The fraction of sp³-hybridized carbons (Fsp3) is 0.172. The Morgan fingerprint density at radius 2 is 1.72 bits per heavy atom. The SMILES string of the molecule is CCOC(=O)c1cnc2ccc(-c3cnc4ccccc4c3)nc2c1Nc1ccc(C(C)(C)N)cc1. The minimum Gasteiger partial charge on any atom is -0.462 e. The molecule has 0 spiro atoms. The van der Waals surface area contributed by atoms with E-state index in [-0.39, 0.29) is 6.61 Å². The largest absolute Gasteiger partial charge is 0.462 e. The minimum atomic E-state index is -0.464. The van der Waals surface area contributed by atoms with E-state index in [1.165, 1.54) is 6.20 Å². The number of aromatic nitrogens is 3.